The van der Waals surface area contributed by atoms with Crippen molar-refractivity contribution in [3.05, 3.63) is 95.0 Å². The van der Waals surface area contributed by atoms with Crippen molar-refractivity contribution in [1.82, 2.24) is 20.2 Å². The molecule has 1 N–H and O–H groups in total. The summed E-state index contributed by atoms with van der Waals surface area (Å²) in [5.41, 5.74) is 5.43. The molecule has 178 valence electrons. The fourth-order valence-corrected chi connectivity index (χ4v) is 4.15. The van der Waals surface area contributed by atoms with Crippen LogP contribution in [0.1, 0.15) is 18.1 Å². The fraction of sp³-hybridized carbons (Fsp3) is 0.154. The fourth-order valence-electron chi connectivity index (χ4n) is 3.23. The molecular formula is C26H24ClN5O2S. The molecule has 3 aromatic carbocycles. The van der Waals surface area contributed by atoms with E-state index in [1.54, 1.807) is 6.21 Å². The topological polar surface area (TPSA) is 81.4 Å². The minimum Gasteiger partial charge on any atom is -0.489 e. The Labute approximate surface area is 213 Å². The van der Waals surface area contributed by atoms with Gasteiger partial charge >= 0.3 is 0 Å². The van der Waals surface area contributed by atoms with Crippen LogP contribution < -0.4 is 10.2 Å². The zero-order valence-corrected chi connectivity index (χ0v) is 20.7. The van der Waals surface area contributed by atoms with Crippen LogP contribution in [-0.2, 0) is 17.9 Å². The van der Waals surface area contributed by atoms with Gasteiger partial charge in [0.25, 0.3) is 5.91 Å². The van der Waals surface area contributed by atoms with Crippen molar-refractivity contribution in [2.45, 2.75) is 25.2 Å². The minimum atomic E-state index is -0.229. The van der Waals surface area contributed by atoms with Crippen LogP contribution in [0.2, 0.25) is 5.02 Å². The van der Waals surface area contributed by atoms with E-state index in [2.05, 4.69) is 20.7 Å². The van der Waals surface area contributed by atoms with Crippen LogP contribution in [0.15, 0.2) is 89.1 Å². The van der Waals surface area contributed by atoms with Crippen molar-refractivity contribution in [1.29, 1.82) is 0 Å². The second kappa shape index (κ2) is 12.2. The predicted octanol–water partition coefficient (Wildman–Crippen LogP) is 5.44. The number of carbonyl (C=O) groups excluding carboxylic acids is 1. The number of aromatic nitrogens is 3. The van der Waals surface area contributed by atoms with Gasteiger partial charge in [0.15, 0.2) is 11.0 Å². The Morgan fingerprint density at radius 3 is 2.51 bits per heavy atom. The molecule has 0 spiro atoms. The number of thioether (sulfide) groups is 1. The summed E-state index contributed by atoms with van der Waals surface area (Å²) in [6, 6.07) is 24.9. The Balaban J connectivity index is 1.25. The molecular weight excluding hydrogens is 482 g/mol. The van der Waals surface area contributed by atoms with Gasteiger partial charge in [-0.1, -0.05) is 53.7 Å². The average Bonchev–Trinajstić information content (AvgIpc) is 3.31. The van der Waals surface area contributed by atoms with Crippen LogP contribution in [0.4, 0.5) is 0 Å². The second-order valence-electron chi connectivity index (χ2n) is 7.48. The number of amides is 1. The number of nitrogens with one attached hydrogen (secondary N) is 1. The van der Waals surface area contributed by atoms with Crippen LogP contribution in [0.25, 0.3) is 11.4 Å². The SMILES string of the molecule is CCn1c(SCC(=O)NN=Cc2ccc(OCc3ccccc3)cc2)nnc1-c1ccc(Cl)cc1. The van der Waals surface area contributed by atoms with Gasteiger partial charge in [0.2, 0.25) is 0 Å². The molecule has 0 aliphatic carbocycles. The van der Waals surface area contributed by atoms with Gasteiger partial charge in [-0.15, -0.1) is 10.2 Å². The van der Waals surface area contributed by atoms with E-state index in [0.29, 0.717) is 23.3 Å². The van der Waals surface area contributed by atoms with E-state index < -0.39 is 0 Å². The first kappa shape index (κ1) is 24.5. The van der Waals surface area contributed by atoms with E-state index in [1.807, 2.05) is 90.4 Å². The van der Waals surface area contributed by atoms with Gasteiger partial charge in [-0.25, -0.2) is 5.43 Å². The van der Waals surface area contributed by atoms with E-state index in [-0.39, 0.29) is 11.7 Å². The Kier molecular flexibility index (Phi) is 8.53. The van der Waals surface area contributed by atoms with Gasteiger partial charge in [-0.05, 0) is 66.6 Å². The van der Waals surface area contributed by atoms with Crippen LogP contribution in [0, 0.1) is 0 Å². The number of nitrogens with zero attached hydrogens (tertiary/aromatic N) is 4. The lowest BCUT2D eigenvalue weighted by molar-refractivity contribution is -0.118. The van der Waals surface area contributed by atoms with E-state index in [1.165, 1.54) is 11.8 Å². The number of halogens is 1. The first-order chi connectivity index (χ1) is 17.1. The maximum Gasteiger partial charge on any atom is 0.250 e. The standard InChI is InChI=1S/C26H24ClN5O2S/c1-2-32-25(21-10-12-22(27)13-11-21)30-31-26(32)35-18-24(33)29-28-16-19-8-14-23(15-9-19)34-17-20-6-4-3-5-7-20/h3-16H,2,17-18H2,1H3,(H,29,33). The summed E-state index contributed by atoms with van der Waals surface area (Å²) in [7, 11) is 0. The molecule has 1 amide bonds. The lowest BCUT2D eigenvalue weighted by Crippen LogP contribution is -2.20. The van der Waals surface area contributed by atoms with Crippen LogP contribution >= 0.6 is 23.4 Å². The van der Waals surface area contributed by atoms with Crippen LogP contribution in [-0.4, -0.2) is 32.6 Å². The van der Waals surface area contributed by atoms with Crippen molar-refractivity contribution in [2.75, 3.05) is 5.75 Å². The monoisotopic (exact) mass is 505 g/mol. The quantitative estimate of drug-likeness (QED) is 0.176. The molecule has 0 aliphatic heterocycles. The number of hydrazone groups is 1. The lowest BCUT2D eigenvalue weighted by Gasteiger charge is -2.07. The summed E-state index contributed by atoms with van der Waals surface area (Å²) in [4.78, 5) is 12.3. The molecule has 0 aliphatic rings. The summed E-state index contributed by atoms with van der Waals surface area (Å²) >= 11 is 7.29. The third kappa shape index (κ3) is 6.94. The maximum atomic E-state index is 12.3. The normalized spacial score (nSPS) is 11.0. The number of hydrogen-bond donors (Lipinski definition) is 1. The van der Waals surface area contributed by atoms with Gasteiger partial charge in [0, 0.05) is 17.1 Å². The lowest BCUT2D eigenvalue weighted by atomic mass is 10.2. The Hall–Kier alpha value is -3.62. The van der Waals surface area contributed by atoms with Gasteiger partial charge in [-0.2, -0.15) is 5.10 Å². The van der Waals surface area contributed by atoms with Gasteiger partial charge in [0.1, 0.15) is 12.4 Å². The third-order valence-corrected chi connectivity index (χ3v) is 6.22. The Morgan fingerprint density at radius 2 is 1.80 bits per heavy atom. The third-order valence-electron chi connectivity index (χ3n) is 5.00. The molecule has 4 aromatic rings. The van der Waals surface area contributed by atoms with E-state index >= 15 is 0 Å². The molecule has 0 atom stereocenters. The number of benzene rings is 3. The highest BCUT2D eigenvalue weighted by Crippen LogP contribution is 2.25. The molecule has 0 bridgehead atoms. The molecule has 0 saturated heterocycles. The summed E-state index contributed by atoms with van der Waals surface area (Å²) in [5.74, 6) is 1.45. The zero-order valence-electron chi connectivity index (χ0n) is 19.1. The zero-order chi connectivity index (χ0) is 24.5. The molecule has 0 saturated carbocycles. The summed E-state index contributed by atoms with van der Waals surface area (Å²) in [6.45, 7) is 3.20. The van der Waals surface area contributed by atoms with E-state index in [0.717, 1.165) is 28.3 Å². The van der Waals surface area contributed by atoms with Crippen LogP contribution in [0.5, 0.6) is 5.75 Å². The highest BCUT2D eigenvalue weighted by molar-refractivity contribution is 7.99. The van der Waals surface area contributed by atoms with Crippen LogP contribution in [0.3, 0.4) is 0 Å². The van der Waals surface area contributed by atoms with Gasteiger partial charge in [0.05, 0.1) is 12.0 Å². The van der Waals surface area contributed by atoms with Crippen molar-refractivity contribution >= 4 is 35.5 Å². The Morgan fingerprint density at radius 1 is 1.06 bits per heavy atom. The Bertz CT molecular complexity index is 1280. The second-order valence-corrected chi connectivity index (χ2v) is 8.86. The molecule has 0 unspecified atom stereocenters. The number of rotatable bonds is 10. The van der Waals surface area contributed by atoms with Crippen molar-refractivity contribution < 1.29 is 9.53 Å². The highest BCUT2D eigenvalue weighted by atomic mass is 35.5. The maximum absolute atomic E-state index is 12.3. The molecule has 9 heteroatoms. The molecule has 7 nitrogen and oxygen atoms in total. The molecule has 0 radical (unpaired) electrons. The molecule has 35 heavy (non-hydrogen) atoms. The van der Waals surface area contributed by atoms with Crippen molar-refractivity contribution in [3.63, 3.8) is 0 Å². The molecule has 4 rings (SSSR count). The number of carbonyl (C=O) groups is 1. The van der Waals surface area contributed by atoms with Crippen molar-refractivity contribution in [3.8, 4) is 17.1 Å². The minimum absolute atomic E-state index is 0.169. The molecule has 1 aromatic heterocycles. The van der Waals surface area contributed by atoms with Crippen molar-refractivity contribution in [2.24, 2.45) is 5.10 Å². The summed E-state index contributed by atoms with van der Waals surface area (Å²) < 4.78 is 7.75. The first-order valence-electron chi connectivity index (χ1n) is 11.0. The highest BCUT2D eigenvalue weighted by Gasteiger charge is 2.14. The summed E-state index contributed by atoms with van der Waals surface area (Å²) in [5, 5.41) is 13.9. The first-order valence-corrected chi connectivity index (χ1v) is 12.4. The van der Waals surface area contributed by atoms with E-state index in [4.69, 9.17) is 16.3 Å². The van der Waals surface area contributed by atoms with Gasteiger partial charge in [-0.3, -0.25) is 4.79 Å². The molecule has 0 fully saturated rings. The smallest absolute Gasteiger partial charge is 0.250 e. The number of ether oxygens (including phenoxy) is 1. The van der Waals surface area contributed by atoms with Gasteiger partial charge < -0.3 is 9.30 Å². The predicted molar refractivity (Wildman–Crippen MR) is 140 cm³/mol. The average molecular weight is 506 g/mol. The number of hydrogen-bond acceptors (Lipinski definition) is 6. The summed E-state index contributed by atoms with van der Waals surface area (Å²) in [6.07, 6.45) is 1.59. The molecule has 1 heterocycles. The largest absolute Gasteiger partial charge is 0.489 e. The van der Waals surface area contributed by atoms with E-state index in [9.17, 15) is 4.79 Å².